The van der Waals surface area contributed by atoms with Crippen LogP contribution in [0.2, 0.25) is 0 Å². The molecule has 0 spiro atoms. The lowest BCUT2D eigenvalue weighted by Gasteiger charge is -2.30. The number of thiazole rings is 1. The van der Waals surface area contributed by atoms with Crippen LogP contribution in [0.4, 0.5) is 5.13 Å². The number of hydrogen-bond donors (Lipinski definition) is 1. The summed E-state index contributed by atoms with van der Waals surface area (Å²) in [5.41, 5.74) is 2.33. The molecule has 2 heterocycles. The highest BCUT2D eigenvalue weighted by Gasteiger charge is 2.17. The van der Waals surface area contributed by atoms with Gasteiger partial charge in [0.2, 0.25) is 5.91 Å². The minimum absolute atomic E-state index is 0.0131. The molecule has 1 aliphatic rings. The molecule has 1 atom stereocenters. The van der Waals surface area contributed by atoms with E-state index in [2.05, 4.69) is 39.6 Å². The lowest BCUT2D eigenvalue weighted by molar-refractivity contribution is -0.116. The molecule has 1 fully saturated rings. The number of amides is 1. The van der Waals surface area contributed by atoms with Crippen LogP contribution < -0.4 is 5.32 Å². The Labute approximate surface area is 172 Å². The van der Waals surface area contributed by atoms with Crippen LogP contribution in [-0.4, -0.2) is 42.1 Å². The predicted molar refractivity (Wildman–Crippen MR) is 115 cm³/mol. The van der Waals surface area contributed by atoms with E-state index in [1.165, 1.54) is 29.7 Å². The molecule has 1 aliphatic heterocycles. The second-order valence-corrected chi connectivity index (χ2v) is 8.48. The van der Waals surface area contributed by atoms with Crippen LogP contribution in [0.15, 0.2) is 35.7 Å². The molecule has 0 bridgehead atoms. The van der Waals surface area contributed by atoms with Crippen LogP contribution in [0, 0.1) is 5.92 Å². The fourth-order valence-electron chi connectivity index (χ4n) is 3.55. The number of hydrogen-bond acceptors (Lipinski definition) is 5. The predicted octanol–water partition coefficient (Wildman–Crippen LogP) is 4.35. The minimum Gasteiger partial charge on any atom is -0.381 e. The summed E-state index contributed by atoms with van der Waals surface area (Å²) in [7, 11) is 0. The van der Waals surface area contributed by atoms with E-state index in [0.717, 1.165) is 44.1 Å². The number of rotatable bonds is 10. The smallest absolute Gasteiger partial charge is 0.226 e. The third-order valence-corrected chi connectivity index (χ3v) is 5.80. The summed E-state index contributed by atoms with van der Waals surface area (Å²) in [6.45, 7) is 6.78. The lowest BCUT2D eigenvalue weighted by Crippen LogP contribution is -2.33. The summed E-state index contributed by atoms with van der Waals surface area (Å²) in [6, 6.07) is 10.3. The monoisotopic (exact) mass is 401 g/mol. The van der Waals surface area contributed by atoms with Crippen molar-refractivity contribution in [2.75, 3.05) is 31.6 Å². The molecule has 1 aromatic heterocycles. The maximum atomic E-state index is 12.1. The van der Waals surface area contributed by atoms with Crippen molar-refractivity contribution in [1.82, 2.24) is 9.88 Å². The van der Waals surface area contributed by atoms with Gasteiger partial charge in [-0.1, -0.05) is 37.3 Å². The number of piperidine rings is 1. The van der Waals surface area contributed by atoms with Gasteiger partial charge in [-0.2, -0.15) is 0 Å². The van der Waals surface area contributed by atoms with Crippen LogP contribution >= 0.6 is 11.3 Å². The minimum atomic E-state index is 0.0131. The van der Waals surface area contributed by atoms with Gasteiger partial charge in [-0.25, -0.2) is 4.98 Å². The Hall–Kier alpha value is -1.76. The van der Waals surface area contributed by atoms with E-state index in [-0.39, 0.29) is 5.91 Å². The van der Waals surface area contributed by atoms with E-state index in [1.807, 2.05) is 18.2 Å². The molecule has 3 rings (SSSR count). The van der Waals surface area contributed by atoms with Crippen molar-refractivity contribution in [3.8, 4) is 0 Å². The first-order chi connectivity index (χ1) is 13.7. The molecule has 5 nitrogen and oxygen atoms in total. The van der Waals surface area contributed by atoms with Crippen molar-refractivity contribution < 1.29 is 9.53 Å². The van der Waals surface area contributed by atoms with Gasteiger partial charge in [-0.3, -0.25) is 9.69 Å². The zero-order valence-corrected chi connectivity index (χ0v) is 17.5. The van der Waals surface area contributed by atoms with Crippen LogP contribution in [-0.2, 0) is 22.5 Å². The van der Waals surface area contributed by atoms with Gasteiger partial charge >= 0.3 is 0 Å². The Morgan fingerprint density at radius 3 is 3.00 bits per heavy atom. The van der Waals surface area contributed by atoms with Crippen LogP contribution in [0.3, 0.4) is 0 Å². The third-order valence-electron chi connectivity index (χ3n) is 5.00. The Balaban J connectivity index is 1.28. The Morgan fingerprint density at radius 1 is 1.32 bits per heavy atom. The average Bonchev–Trinajstić information content (AvgIpc) is 3.12. The van der Waals surface area contributed by atoms with Gasteiger partial charge in [0.25, 0.3) is 0 Å². The number of ether oxygens (including phenoxy) is 1. The number of likely N-dealkylation sites (tertiary alicyclic amines) is 1. The van der Waals surface area contributed by atoms with Gasteiger partial charge in [-0.05, 0) is 43.7 Å². The average molecular weight is 402 g/mol. The summed E-state index contributed by atoms with van der Waals surface area (Å²) in [5, 5.41) is 5.68. The van der Waals surface area contributed by atoms with E-state index in [1.54, 1.807) is 0 Å². The summed E-state index contributed by atoms with van der Waals surface area (Å²) in [5.74, 6) is 0.778. The van der Waals surface area contributed by atoms with Gasteiger partial charge in [0.15, 0.2) is 5.13 Å². The molecule has 1 amide bonds. The summed E-state index contributed by atoms with van der Waals surface area (Å²) >= 11 is 1.51. The molecular formula is C22H31N3O2S. The third kappa shape index (κ3) is 7.34. The lowest BCUT2D eigenvalue weighted by atomic mass is 10.0. The molecule has 1 unspecified atom stereocenters. The molecule has 6 heteroatoms. The van der Waals surface area contributed by atoms with Crippen molar-refractivity contribution in [2.45, 2.75) is 45.6 Å². The maximum Gasteiger partial charge on any atom is 0.226 e. The number of anilines is 1. The van der Waals surface area contributed by atoms with E-state index >= 15 is 0 Å². The molecule has 1 N–H and O–H groups in total. The standard InChI is InChI=1S/C22H31N3O2S/c1-18-7-5-12-25(15-18)16-20-17-28-22(23-20)24-21(26)10-6-13-27-14-11-19-8-3-2-4-9-19/h2-4,8-9,17-18H,5-7,10-16H2,1H3,(H,23,24,26). The zero-order valence-electron chi connectivity index (χ0n) is 16.7. The fraction of sp³-hybridized carbons (Fsp3) is 0.545. The Morgan fingerprint density at radius 2 is 2.18 bits per heavy atom. The highest BCUT2D eigenvalue weighted by Crippen LogP contribution is 2.21. The molecular weight excluding hydrogens is 370 g/mol. The van der Waals surface area contributed by atoms with E-state index < -0.39 is 0 Å². The van der Waals surface area contributed by atoms with E-state index in [0.29, 0.717) is 24.8 Å². The molecule has 0 saturated carbocycles. The van der Waals surface area contributed by atoms with E-state index in [4.69, 9.17) is 4.74 Å². The maximum absolute atomic E-state index is 12.1. The fourth-order valence-corrected chi connectivity index (χ4v) is 4.27. The molecule has 152 valence electrons. The number of nitrogens with zero attached hydrogens (tertiary/aromatic N) is 2. The topological polar surface area (TPSA) is 54.5 Å². The molecule has 0 radical (unpaired) electrons. The molecule has 1 aromatic carbocycles. The number of nitrogens with one attached hydrogen (secondary N) is 1. The van der Waals surface area contributed by atoms with Gasteiger partial charge in [-0.15, -0.1) is 11.3 Å². The first-order valence-electron chi connectivity index (χ1n) is 10.3. The molecule has 28 heavy (non-hydrogen) atoms. The van der Waals surface area contributed by atoms with Crippen molar-refractivity contribution in [2.24, 2.45) is 5.92 Å². The van der Waals surface area contributed by atoms with Gasteiger partial charge in [0.1, 0.15) is 0 Å². The molecule has 1 saturated heterocycles. The number of aromatic nitrogens is 1. The summed E-state index contributed by atoms with van der Waals surface area (Å²) in [6.07, 6.45) is 4.69. The highest BCUT2D eigenvalue weighted by molar-refractivity contribution is 7.13. The van der Waals surface area contributed by atoms with Crippen LogP contribution in [0.25, 0.3) is 0 Å². The van der Waals surface area contributed by atoms with Crippen LogP contribution in [0.1, 0.15) is 43.9 Å². The first kappa shape index (κ1) is 21.0. The SMILES string of the molecule is CC1CCCN(Cc2csc(NC(=O)CCCOCCc3ccccc3)n2)C1. The molecule has 2 aromatic rings. The van der Waals surface area contributed by atoms with Crippen molar-refractivity contribution in [1.29, 1.82) is 0 Å². The van der Waals surface area contributed by atoms with Gasteiger partial charge in [0.05, 0.1) is 12.3 Å². The van der Waals surface area contributed by atoms with Gasteiger partial charge in [0, 0.05) is 31.5 Å². The Kier molecular flexibility index (Phi) is 8.45. The first-order valence-corrected chi connectivity index (χ1v) is 11.2. The second-order valence-electron chi connectivity index (χ2n) is 7.63. The second kappa shape index (κ2) is 11.3. The van der Waals surface area contributed by atoms with Crippen LogP contribution in [0.5, 0.6) is 0 Å². The van der Waals surface area contributed by atoms with E-state index in [9.17, 15) is 4.79 Å². The zero-order chi connectivity index (χ0) is 19.6. The van der Waals surface area contributed by atoms with Gasteiger partial charge < -0.3 is 10.1 Å². The summed E-state index contributed by atoms with van der Waals surface area (Å²) < 4.78 is 5.64. The summed E-state index contributed by atoms with van der Waals surface area (Å²) in [4.78, 5) is 19.1. The normalized spacial score (nSPS) is 17.5. The quantitative estimate of drug-likeness (QED) is 0.601. The largest absolute Gasteiger partial charge is 0.381 e. The number of benzene rings is 1. The highest BCUT2D eigenvalue weighted by atomic mass is 32.1. The number of carbonyl (C=O) groups is 1. The number of carbonyl (C=O) groups excluding carboxylic acids is 1. The van der Waals surface area contributed by atoms with Crippen molar-refractivity contribution >= 4 is 22.4 Å². The molecule has 0 aliphatic carbocycles. The van der Waals surface area contributed by atoms with Crippen molar-refractivity contribution in [3.05, 3.63) is 47.0 Å². The van der Waals surface area contributed by atoms with Crippen molar-refractivity contribution in [3.63, 3.8) is 0 Å². The Bertz CT molecular complexity index is 720.